The Labute approximate surface area is 171 Å². The highest BCUT2D eigenvalue weighted by Gasteiger charge is 2.37. The fourth-order valence-electron chi connectivity index (χ4n) is 4.16. The first-order valence-corrected chi connectivity index (χ1v) is 10.2. The van der Waals surface area contributed by atoms with Gasteiger partial charge in [-0.15, -0.1) is 0 Å². The quantitative estimate of drug-likeness (QED) is 0.821. The monoisotopic (exact) mass is 389 g/mol. The Balaban J connectivity index is 1.67. The average molecular weight is 389 g/mol. The Morgan fingerprint density at radius 2 is 1.90 bits per heavy atom. The number of hydrogen-bond acceptors (Lipinski definition) is 3. The number of hydrogen-bond donors (Lipinski definition) is 1. The molecule has 2 aliphatic rings. The van der Waals surface area contributed by atoms with Gasteiger partial charge < -0.3 is 10.2 Å². The average Bonchev–Trinajstić information content (AvgIpc) is 3.10. The van der Waals surface area contributed by atoms with Gasteiger partial charge in [-0.2, -0.15) is 0 Å². The van der Waals surface area contributed by atoms with Crippen molar-refractivity contribution in [1.29, 1.82) is 0 Å². The first kappa shape index (κ1) is 19.4. The molecule has 0 bridgehead atoms. The van der Waals surface area contributed by atoms with Crippen LogP contribution in [0.5, 0.6) is 0 Å². The van der Waals surface area contributed by atoms with Crippen molar-refractivity contribution in [2.45, 2.75) is 47.0 Å². The van der Waals surface area contributed by atoms with Gasteiger partial charge >= 0.3 is 0 Å². The summed E-state index contributed by atoms with van der Waals surface area (Å²) in [6.07, 6.45) is 2.63. The highest BCUT2D eigenvalue weighted by atomic mass is 16.2. The van der Waals surface area contributed by atoms with Gasteiger partial charge in [0.1, 0.15) is 6.54 Å². The molecular weight excluding hydrogens is 362 g/mol. The van der Waals surface area contributed by atoms with Crippen LogP contribution in [0.2, 0.25) is 0 Å². The van der Waals surface area contributed by atoms with Crippen LogP contribution in [0.1, 0.15) is 41.5 Å². The van der Waals surface area contributed by atoms with Crippen molar-refractivity contribution in [2.75, 3.05) is 16.8 Å². The first-order chi connectivity index (χ1) is 13.8. The molecule has 0 radical (unpaired) electrons. The largest absolute Gasteiger partial charge is 0.324 e. The van der Waals surface area contributed by atoms with Crippen LogP contribution in [-0.2, 0) is 9.59 Å². The van der Waals surface area contributed by atoms with Crippen LogP contribution >= 0.6 is 0 Å². The molecule has 1 heterocycles. The minimum atomic E-state index is -0.212. The fourth-order valence-corrected chi connectivity index (χ4v) is 4.16. The Morgan fingerprint density at radius 3 is 2.69 bits per heavy atom. The summed E-state index contributed by atoms with van der Waals surface area (Å²) < 4.78 is 0. The Bertz CT molecular complexity index is 1040. The molecule has 0 aromatic heterocycles. The SMILES string of the molecule is Cc1cc2c(cc1C)N(CC(=O)Nc1cccc(C)c1C)C(=O)[C@@H]1CCCC1=N2. The molecule has 1 saturated carbocycles. The second-order valence-electron chi connectivity index (χ2n) is 8.19. The zero-order chi connectivity index (χ0) is 20.7. The molecular formula is C24H27N3O2. The van der Waals surface area contributed by atoms with Crippen LogP contribution in [0, 0.1) is 33.6 Å². The topological polar surface area (TPSA) is 61.8 Å². The normalized spacial score (nSPS) is 18.1. The first-order valence-electron chi connectivity index (χ1n) is 10.2. The van der Waals surface area contributed by atoms with Gasteiger partial charge in [-0.05, 0) is 87.4 Å². The molecule has 5 nitrogen and oxygen atoms in total. The van der Waals surface area contributed by atoms with Crippen LogP contribution in [-0.4, -0.2) is 24.1 Å². The Kier molecular flexibility index (Phi) is 4.99. The number of carbonyl (C=O) groups is 2. The van der Waals surface area contributed by atoms with Gasteiger partial charge in [0, 0.05) is 11.4 Å². The maximum absolute atomic E-state index is 13.4. The van der Waals surface area contributed by atoms with E-state index in [2.05, 4.69) is 5.32 Å². The van der Waals surface area contributed by atoms with E-state index in [1.54, 1.807) is 4.90 Å². The number of rotatable bonds is 3. The summed E-state index contributed by atoms with van der Waals surface area (Å²) in [6.45, 7) is 8.06. The molecule has 2 amide bonds. The van der Waals surface area contributed by atoms with Gasteiger partial charge in [0.2, 0.25) is 11.8 Å². The van der Waals surface area contributed by atoms with Gasteiger partial charge in [-0.1, -0.05) is 12.1 Å². The zero-order valence-corrected chi connectivity index (χ0v) is 17.5. The minimum absolute atomic E-state index is 0.0129. The molecule has 29 heavy (non-hydrogen) atoms. The van der Waals surface area contributed by atoms with Crippen molar-refractivity contribution in [3.63, 3.8) is 0 Å². The molecule has 1 atom stereocenters. The molecule has 1 aliphatic heterocycles. The van der Waals surface area contributed by atoms with Gasteiger partial charge in [-0.3, -0.25) is 14.6 Å². The van der Waals surface area contributed by atoms with Crippen molar-refractivity contribution in [2.24, 2.45) is 10.9 Å². The number of carbonyl (C=O) groups excluding carboxylic acids is 2. The summed E-state index contributed by atoms with van der Waals surface area (Å²) in [5.41, 5.74) is 7.65. The highest BCUT2D eigenvalue weighted by molar-refractivity contribution is 6.17. The lowest BCUT2D eigenvalue weighted by atomic mass is 10.0. The van der Waals surface area contributed by atoms with Crippen molar-refractivity contribution in [1.82, 2.24) is 0 Å². The molecule has 5 heteroatoms. The molecule has 1 fully saturated rings. The lowest BCUT2D eigenvalue weighted by molar-refractivity contribution is -0.122. The second-order valence-corrected chi connectivity index (χ2v) is 8.19. The van der Waals surface area contributed by atoms with Crippen LogP contribution in [0.4, 0.5) is 17.1 Å². The number of aliphatic imine (C=N–C) groups is 1. The Morgan fingerprint density at radius 1 is 1.14 bits per heavy atom. The summed E-state index contributed by atoms with van der Waals surface area (Å²) in [6, 6.07) is 9.85. The van der Waals surface area contributed by atoms with Crippen LogP contribution < -0.4 is 10.2 Å². The lowest BCUT2D eigenvalue weighted by Crippen LogP contribution is -2.42. The van der Waals surface area contributed by atoms with Crippen LogP contribution in [0.25, 0.3) is 0 Å². The van der Waals surface area contributed by atoms with Crippen molar-refractivity contribution >= 4 is 34.6 Å². The van der Waals surface area contributed by atoms with E-state index in [1.165, 1.54) is 0 Å². The fraction of sp³-hybridized carbons (Fsp3) is 0.375. The third-order valence-electron chi connectivity index (χ3n) is 6.22. The maximum atomic E-state index is 13.4. The standard InChI is InChI=1S/C24H27N3O2/c1-14-7-5-9-19(17(14)4)26-23(28)13-27-22-12-16(3)15(2)11-21(22)25-20-10-6-8-18(20)24(27)29/h5,7,9,11-12,18H,6,8,10,13H2,1-4H3,(H,26,28)/t18-/m1/s1. The van der Waals surface area contributed by atoms with Crippen molar-refractivity contribution in [3.05, 3.63) is 52.6 Å². The van der Waals surface area contributed by atoms with E-state index >= 15 is 0 Å². The Hall–Kier alpha value is -2.95. The summed E-state index contributed by atoms with van der Waals surface area (Å²) in [5.74, 6) is -0.423. The molecule has 1 aliphatic carbocycles. The van der Waals surface area contributed by atoms with E-state index in [-0.39, 0.29) is 24.3 Å². The van der Waals surface area contributed by atoms with Crippen LogP contribution in [0.3, 0.4) is 0 Å². The third-order valence-corrected chi connectivity index (χ3v) is 6.22. The maximum Gasteiger partial charge on any atom is 0.244 e. The number of nitrogens with zero attached hydrogens (tertiary/aromatic N) is 2. The predicted octanol–water partition coefficient (Wildman–Crippen LogP) is 4.78. The van der Waals surface area contributed by atoms with E-state index < -0.39 is 0 Å². The summed E-state index contributed by atoms with van der Waals surface area (Å²) in [5, 5.41) is 2.99. The summed E-state index contributed by atoms with van der Waals surface area (Å²) >= 11 is 0. The van der Waals surface area contributed by atoms with Gasteiger partial charge in [0.25, 0.3) is 0 Å². The number of nitrogens with one attached hydrogen (secondary N) is 1. The molecule has 150 valence electrons. The number of fused-ring (bicyclic) bond motifs is 2. The molecule has 0 spiro atoms. The highest BCUT2D eigenvalue weighted by Crippen LogP contribution is 2.39. The van der Waals surface area contributed by atoms with E-state index in [0.717, 1.165) is 64.3 Å². The molecule has 4 rings (SSSR count). The van der Waals surface area contributed by atoms with Crippen molar-refractivity contribution < 1.29 is 9.59 Å². The molecule has 1 N–H and O–H groups in total. The predicted molar refractivity (Wildman–Crippen MR) is 117 cm³/mol. The summed E-state index contributed by atoms with van der Waals surface area (Å²) in [7, 11) is 0. The van der Waals surface area contributed by atoms with E-state index in [0.29, 0.717) is 0 Å². The van der Waals surface area contributed by atoms with Gasteiger partial charge in [0.05, 0.1) is 17.3 Å². The lowest BCUT2D eigenvalue weighted by Gasteiger charge is -2.25. The van der Waals surface area contributed by atoms with E-state index in [9.17, 15) is 9.59 Å². The minimum Gasteiger partial charge on any atom is -0.324 e. The van der Waals surface area contributed by atoms with E-state index in [1.807, 2.05) is 58.0 Å². The number of amides is 2. The van der Waals surface area contributed by atoms with Gasteiger partial charge in [-0.25, -0.2) is 0 Å². The second kappa shape index (κ2) is 7.47. The number of aryl methyl sites for hydroxylation is 3. The molecule has 0 saturated heterocycles. The third kappa shape index (κ3) is 3.57. The van der Waals surface area contributed by atoms with Gasteiger partial charge in [0.15, 0.2) is 0 Å². The molecule has 2 aromatic carbocycles. The smallest absolute Gasteiger partial charge is 0.244 e. The molecule has 2 aromatic rings. The number of benzene rings is 2. The number of anilines is 2. The molecule has 0 unspecified atom stereocenters. The van der Waals surface area contributed by atoms with E-state index in [4.69, 9.17) is 4.99 Å². The summed E-state index contributed by atoms with van der Waals surface area (Å²) in [4.78, 5) is 32.8. The zero-order valence-electron chi connectivity index (χ0n) is 17.5. The van der Waals surface area contributed by atoms with Crippen molar-refractivity contribution in [3.8, 4) is 0 Å². The van der Waals surface area contributed by atoms with Crippen LogP contribution in [0.15, 0.2) is 35.3 Å².